The second-order valence-electron chi connectivity index (χ2n) is 3.86. The summed E-state index contributed by atoms with van der Waals surface area (Å²) in [5, 5.41) is 20.8. The van der Waals surface area contributed by atoms with E-state index < -0.39 is 0 Å². The Morgan fingerprint density at radius 3 is 2.17 bits per heavy atom. The predicted molar refractivity (Wildman–Crippen MR) is 68.4 cm³/mol. The van der Waals surface area contributed by atoms with Gasteiger partial charge in [0, 0.05) is 11.3 Å². The van der Waals surface area contributed by atoms with E-state index in [1.165, 1.54) is 12.1 Å². The number of rotatable bonds is 3. The summed E-state index contributed by atoms with van der Waals surface area (Å²) >= 11 is 0. The highest BCUT2D eigenvalue weighted by atomic mass is 16.3. The number of aliphatic hydroxyl groups excluding tert-OH is 1. The Morgan fingerprint density at radius 2 is 1.61 bits per heavy atom. The molecule has 0 aromatic heterocycles. The summed E-state index contributed by atoms with van der Waals surface area (Å²) in [4.78, 5) is 11.8. The molecular weight excluding hydrogens is 230 g/mol. The third-order valence-corrected chi connectivity index (χ3v) is 2.52. The molecule has 2 rings (SSSR count). The SMILES string of the molecule is O=C(Nc1ccc(CO)cc1)c1ccc(O)cc1. The highest BCUT2D eigenvalue weighted by molar-refractivity contribution is 6.04. The fourth-order valence-electron chi connectivity index (χ4n) is 1.51. The van der Waals surface area contributed by atoms with Crippen molar-refractivity contribution in [3.8, 4) is 5.75 Å². The van der Waals surface area contributed by atoms with Crippen LogP contribution in [0, 0.1) is 0 Å². The van der Waals surface area contributed by atoms with Gasteiger partial charge in [0.05, 0.1) is 6.61 Å². The van der Waals surface area contributed by atoms with Crippen molar-refractivity contribution in [3.63, 3.8) is 0 Å². The molecule has 0 aliphatic rings. The van der Waals surface area contributed by atoms with E-state index in [4.69, 9.17) is 10.2 Å². The summed E-state index contributed by atoms with van der Waals surface area (Å²) in [6, 6.07) is 13.0. The number of aliphatic hydroxyl groups is 1. The maximum atomic E-state index is 11.8. The molecule has 18 heavy (non-hydrogen) atoms. The van der Waals surface area contributed by atoms with Gasteiger partial charge in [-0.05, 0) is 42.0 Å². The molecule has 2 aromatic rings. The topological polar surface area (TPSA) is 69.6 Å². The summed E-state index contributed by atoms with van der Waals surface area (Å²) in [5.74, 6) is -0.120. The number of nitrogens with one attached hydrogen (secondary N) is 1. The fourth-order valence-corrected chi connectivity index (χ4v) is 1.51. The molecule has 4 heteroatoms. The highest BCUT2D eigenvalue weighted by Crippen LogP contribution is 2.13. The molecular formula is C14H13NO3. The summed E-state index contributed by atoms with van der Waals surface area (Å²) in [6.07, 6.45) is 0. The summed E-state index contributed by atoms with van der Waals surface area (Å²) in [6.45, 7) is -0.0216. The number of hydrogen-bond acceptors (Lipinski definition) is 3. The van der Waals surface area contributed by atoms with E-state index >= 15 is 0 Å². The molecule has 2 aromatic carbocycles. The minimum atomic E-state index is -0.244. The molecule has 4 nitrogen and oxygen atoms in total. The third-order valence-electron chi connectivity index (χ3n) is 2.52. The van der Waals surface area contributed by atoms with Crippen molar-refractivity contribution in [2.45, 2.75) is 6.61 Å². The lowest BCUT2D eigenvalue weighted by Crippen LogP contribution is -2.11. The maximum absolute atomic E-state index is 11.8. The van der Waals surface area contributed by atoms with Crippen LogP contribution in [0.5, 0.6) is 5.75 Å². The van der Waals surface area contributed by atoms with Crippen molar-refractivity contribution in [2.24, 2.45) is 0 Å². The van der Waals surface area contributed by atoms with Gasteiger partial charge in [-0.1, -0.05) is 12.1 Å². The van der Waals surface area contributed by atoms with E-state index in [-0.39, 0.29) is 18.3 Å². The van der Waals surface area contributed by atoms with Crippen LogP contribution in [0.4, 0.5) is 5.69 Å². The molecule has 0 saturated heterocycles. The Labute approximate surface area is 105 Å². The van der Waals surface area contributed by atoms with E-state index in [0.717, 1.165) is 5.56 Å². The molecule has 0 fully saturated rings. The Balaban J connectivity index is 2.08. The minimum Gasteiger partial charge on any atom is -0.508 e. The van der Waals surface area contributed by atoms with Gasteiger partial charge >= 0.3 is 0 Å². The zero-order valence-corrected chi connectivity index (χ0v) is 9.63. The number of carbonyl (C=O) groups is 1. The van der Waals surface area contributed by atoms with Gasteiger partial charge in [-0.2, -0.15) is 0 Å². The van der Waals surface area contributed by atoms with E-state index in [0.29, 0.717) is 11.3 Å². The van der Waals surface area contributed by atoms with Crippen molar-refractivity contribution < 1.29 is 15.0 Å². The molecule has 0 unspecified atom stereocenters. The normalized spacial score (nSPS) is 10.1. The molecule has 1 amide bonds. The molecule has 0 atom stereocenters. The largest absolute Gasteiger partial charge is 0.508 e. The van der Waals surface area contributed by atoms with Crippen LogP contribution in [0.2, 0.25) is 0 Å². The molecule has 0 bridgehead atoms. The van der Waals surface area contributed by atoms with E-state index in [1.54, 1.807) is 36.4 Å². The van der Waals surface area contributed by atoms with Crippen LogP contribution < -0.4 is 5.32 Å². The summed E-state index contributed by atoms with van der Waals surface area (Å²) in [5.41, 5.74) is 1.92. The number of anilines is 1. The number of aromatic hydroxyl groups is 1. The first kappa shape index (κ1) is 12.1. The Hall–Kier alpha value is -2.33. The Bertz CT molecular complexity index is 532. The molecule has 92 valence electrons. The van der Waals surface area contributed by atoms with Crippen LogP contribution in [-0.2, 0) is 6.61 Å². The maximum Gasteiger partial charge on any atom is 0.255 e. The fraction of sp³-hybridized carbons (Fsp3) is 0.0714. The van der Waals surface area contributed by atoms with Gasteiger partial charge in [0.15, 0.2) is 0 Å². The molecule has 0 aliphatic heterocycles. The first-order chi connectivity index (χ1) is 8.69. The zero-order chi connectivity index (χ0) is 13.0. The Kier molecular flexibility index (Phi) is 3.60. The number of amides is 1. The van der Waals surface area contributed by atoms with Gasteiger partial charge in [-0.3, -0.25) is 4.79 Å². The van der Waals surface area contributed by atoms with Crippen molar-refractivity contribution in [1.82, 2.24) is 0 Å². The number of benzene rings is 2. The molecule has 0 spiro atoms. The van der Waals surface area contributed by atoms with Crippen molar-refractivity contribution in [3.05, 3.63) is 59.7 Å². The van der Waals surface area contributed by atoms with Crippen LogP contribution >= 0.6 is 0 Å². The molecule has 0 radical (unpaired) electrons. The lowest BCUT2D eigenvalue weighted by Gasteiger charge is -2.06. The van der Waals surface area contributed by atoms with Crippen LogP contribution in [0.25, 0.3) is 0 Å². The van der Waals surface area contributed by atoms with Crippen LogP contribution in [0.1, 0.15) is 15.9 Å². The third kappa shape index (κ3) is 2.87. The van der Waals surface area contributed by atoms with Crippen molar-refractivity contribution >= 4 is 11.6 Å². The summed E-state index contributed by atoms with van der Waals surface area (Å²) < 4.78 is 0. The van der Waals surface area contributed by atoms with Crippen molar-refractivity contribution in [2.75, 3.05) is 5.32 Å². The lowest BCUT2D eigenvalue weighted by atomic mass is 10.2. The molecule has 0 aliphatic carbocycles. The van der Waals surface area contributed by atoms with Gasteiger partial charge in [-0.25, -0.2) is 0 Å². The van der Waals surface area contributed by atoms with Gasteiger partial charge in [0.1, 0.15) is 5.75 Å². The molecule has 3 N–H and O–H groups in total. The van der Waals surface area contributed by atoms with Gasteiger partial charge in [0.25, 0.3) is 5.91 Å². The number of carbonyl (C=O) groups excluding carboxylic acids is 1. The highest BCUT2D eigenvalue weighted by Gasteiger charge is 2.05. The van der Waals surface area contributed by atoms with E-state index in [9.17, 15) is 4.79 Å². The van der Waals surface area contributed by atoms with Crippen molar-refractivity contribution in [1.29, 1.82) is 0 Å². The predicted octanol–water partition coefficient (Wildman–Crippen LogP) is 2.14. The number of phenolic OH excluding ortho intramolecular Hbond substituents is 1. The average molecular weight is 243 g/mol. The minimum absolute atomic E-state index is 0.0216. The molecule has 0 heterocycles. The van der Waals surface area contributed by atoms with Crippen LogP contribution in [0.15, 0.2) is 48.5 Å². The van der Waals surface area contributed by atoms with Crippen LogP contribution in [-0.4, -0.2) is 16.1 Å². The molecule has 0 saturated carbocycles. The second-order valence-corrected chi connectivity index (χ2v) is 3.86. The quantitative estimate of drug-likeness (QED) is 0.773. The lowest BCUT2D eigenvalue weighted by molar-refractivity contribution is 0.102. The summed E-state index contributed by atoms with van der Waals surface area (Å²) in [7, 11) is 0. The monoisotopic (exact) mass is 243 g/mol. The zero-order valence-electron chi connectivity index (χ0n) is 9.63. The second kappa shape index (κ2) is 5.33. The number of hydrogen-bond donors (Lipinski definition) is 3. The van der Waals surface area contributed by atoms with E-state index in [2.05, 4.69) is 5.32 Å². The van der Waals surface area contributed by atoms with Gasteiger partial charge in [-0.15, -0.1) is 0 Å². The number of phenols is 1. The smallest absolute Gasteiger partial charge is 0.255 e. The standard InChI is InChI=1S/C14H13NO3/c16-9-10-1-5-12(6-2-10)15-14(18)11-3-7-13(17)8-4-11/h1-8,16-17H,9H2,(H,15,18). The first-order valence-electron chi connectivity index (χ1n) is 5.49. The Morgan fingerprint density at radius 1 is 1.00 bits per heavy atom. The first-order valence-corrected chi connectivity index (χ1v) is 5.49. The van der Waals surface area contributed by atoms with E-state index in [1.807, 2.05) is 0 Å². The van der Waals surface area contributed by atoms with Gasteiger partial charge < -0.3 is 15.5 Å². The van der Waals surface area contributed by atoms with Gasteiger partial charge in [0.2, 0.25) is 0 Å². The van der Waals surface area contributed by atoms with Crippen LogP contribution in [0.3, 0.4) is 0 Å². The average Bonchev–Trinajstić information content (AvgIpc) is 2.40.